The quantitative estimate of drug-likeness (QED) is 0.345. The average molecular weight is 348 g/mol. The van der Waals surface area contributed by atoms with Crippen LogP contribution in [0.25, 0.3) is 0 Å². The third-order valence-electron chi connectivity index (χ3n) is 6.26. The Morgan fingerprint density at radius 3 is 2.48 bits per heavy atom. The lowest BCUT2D eigenvalue weighted by Gasteiger charge is -2.31. The summed E-state index contributed by atoms with van der Waals surface area (Å²) in [5, 5.41) is 14.7. The van der Waals surface area contributed by atoms with Crippen molar-refractivity contribution in [3.05, 3.63) is 0 Å². The van der Waals surface area contributed by atoms with Crippen LogP contribution in [0.5, 0.6) is 0 Å². The molecule has 7 nitrogen and oxygen atoms in total. The summed E-state index contributed by atoms with van der Waals surface area (Å²) in [6, 6.07) is 0.858. The molecule has 1 heterocycles. The second-order valence-corrected chi connectivity index (χ2v) is 7.89. The minimum atomic E-state index is -0.00788. The fraction of sp³-hybridized carbons (Fsp3) is 0.833. The Kier molecular flexibility index (Phi) is 5.93. The van der Waals surface area contributed by atoms with E-state index in [1.807, 2.05) is 6.92 Å². The van der Waals surface area contributed by atoms with Gasteiger partial charge in [-0.1, -0.05) is 12.8 Å². The number of nitrogens with zero attached hydrogens (tertiary/aromatic N) is 2. The molecule has 3 fully saturated rings. The van der Waals surface area contributed by atoms with Crippen molar-refractivity contribution in [1.29, 1.82) is 0 Å². The maximum absolute atomic E-state index is 12.7. The van der Waals surface area contributed by atoms with Gasteiger partial charge < -0.3 is 22.1 Å². The lowest BCUT2D eigenvalue weighted by molar-refractivity contribution is -0.126. The highest BCUT2D eigenvalue weighted by molar-refractivity contribution is 5.85. The van der Waals surface area contributed by atoms with Crippen LogP contribution in [0.2, 0.25) is 0 Å². The van der Waals surface area contributed by atoms with Crippen LogP contribution < -0.4 is 22.1 Å². The molecule has 3 aliphatic rings. The SMILES string of the molecule is C/C(=N\N=C(N)N)C1CCC(NC(=O)C2CNC3CCCCC32)CC1. The molecule has 0 radical (unpaired) electrons. The fourth-order valence-corrected chi connectivity index (χ4v) is 4.79. The zero-order chi connectivity index (χ0) is 17.8. The standard InChI is InChI=1S/C18H32N6O/c1-11(23-24-18(19)20)12-6-8-13(9-7-12)22-17(25)15-10-21-16-5-3-2-4-14(15)16/h12-16,21H,2-10H2,1H3,(H,22,25)(H4,19,20,24)/b23-11+. The number of hydrogen-bond acceptors (Lipinski definition) is 4. The predicted octanol–water partition coefficient (Wildman–Crippen LogP) is 1.09. The molecule has 1 amide bonds. The Labute approximate surface area is 150 Å². The first kappa shape index (κ1) is 18.2. The third kappa shape index (κ3) is 4.51. The van der Waals surface area contributed by atoms with Gasteiger partial charge in [0.15, 0.2) is 0 Å². The average Bonchev–Trinajstić information content (AvgIpc) is 3.04. The van der Waals surface area contributed by atoms with Crippen molar-refractivity contribution in [1.82, 2.24) is 10.6 Å². The van der Waals surface area contributed by atoms with Gasteiger partial charge >= 0.3 is 0 Å². The molecular weight excluding hydrogens is 316 g/mol. The molecule has 3 atom stereocenters. The molecule has 1 aliphatic heterocycles. The molecule has 2 saturated carbocycles. The smallest absolute Gasteiger partial charge is 0.224 e. The highest BCUT2D eigenvalue weighted by Gasteiger charge is 2.41. The van der Waals surface area contributed by atoms with Gasteiger partial charge in [0, 0.05) is 24.3 Å². The first-order valence-electron chi connectivity index (χ1n) is 9.71. The van der Waals surface area contributed by atoms with Gasteiger partial charge in [0.25, 0.3) is 0 Å². The van der Waals surface area contributed by atoms with Crippen LogP contribution in [0.1, 0.15) is 58.3 Å². The van der Waals surface area contributed by atoms with Crippen LogP contribution in [0.4, 0.5) is 0 Å². The van der Waals surface area contributed by atoms with E-state index >= 15 is 0 Å². The molecule has 2 aliphatic carbocycles. The number of hydrogen-bond donors (Lipinski definition) is 4. The number of nitrogens with one attached hydrogen (secondary N) is 2. The van der Waals surface area contributed by atoms with Crippen molar-refractivity contribution in [2.24, 2.45) is 39.4 Å². The summed E-state index contributed by atoms with van der Waals surface area (Å²) in [5.41, 5.74) is 11.6. The molecule has 3 rings (SSSR count). The van der Waals surface area contributed by atoms with Crippen molar-refractivity contribution in [2.45, 2.75) is 70.4 Å². The Bertz CT molecular complexity index is 534. The summed E-state index contributed by atoms with van der Waals surface area (Å²) < 4.78 is 0. The van der Waals surface area contributed by atoms with Crippen molar-refractivity contribution < 1.29 is 4.79 Å². The highest BCUT2D eigenvalue weighted by Crippen LogP contribution is 2.35. The summed E-state index contributed by atoms with van der Waals surface area (Å²) >= 11 is 0. The molecule has 3 unspecified atom stereocenters. The maximum Gasteiger partial charge on any atom is 0.224 e. The summed E-state index contributed by atoms with van der Waals surface area (Å²) in [5.74, 6) is 1.36. The molecule has 0 aromatic rings. The first-order chi connectivity index (χ1) is 12.0. The topological polar surface area (TPSA) is 118 Å². The van der Waals surface area contributed by atoms with Gasteiger partial charge in [-0.2, -0.15) is 5.10 Å². The van der Waals surface area contributed by atoms with Crippen molar-refractivity contribution in [3.63, 3.8) is 0 Å². The van der Waals surface area contributed by atoms with Gasteiger partial charge in [-0.05, 0) is 57.3 Å². The fourth-order valence-electron chi connectivity index (χ4n) is 4.79. The minimum absolute atomic E-state index is 0.00788. The molecule has 1 saturated heterocycles. The Balaban J connectivity index is 1.47. The summed E-state index contributed by atoms with van der Waals surface area (Å²) in [4.78, 5) is 12.7. The van der Waals surface area contributed by atoms with E-state index in [1.165, 1.54) is 25.7 Å². The van der Waals surface area contributed by atoms with Crippen LogP contribution in [-0.2, 0) is 4.79 Å². The predicted molar refractivity (Wildman–Crippen MR) is 100 cm³/mol. The molecule has 6 N–H and O–H groups in total. The van der Waals surface area contributed by atoms with E-state index in [9.17, 15) is 4.79 Å². The molecule has 0 aromatic carbocycles. The van der Waals surface area contributed by atoms with E-state index in [2.05, 4.69) is 20.8 Å². The van der Waals surface area contributed by atoms with Gasteiger partial charge in [0.2, 0.25) is 11.9 Å². The van der Waals surface area contributed by atoms with Crippen LogP contribution in [0, 0.1) is 17.8 Å². The molecule has 0 spiro atoms. The Morgan fingerprint density at radius 1 is 1.04 bits per heavy atom. The van der Waals surface area contributed by atoms with Gasteiger partial charge in [-0.25, -0.2) is 0 Å². The summed E-state index contributed by atoms with van der Waals surface area (Å²) in [6.07, 6.45) is 9.04. The second-order valence-electron chi connectivity index (χ2n) is 7.89. The first-order valence-corrected chi connectivity index (χ1v) is 9.71. The molecule has 140 valence electrons. The number of carbonyl (C=O) groups is 1. The van der Waals surface area contributed by atoms with Crippen molar-refractivity contribution in [3.8, 4) is 0 Å². The molecule has 25 heavy (non-hydrogen) atoms. The van der Waals surface area contributed by atoms with Crippen molar-refractivity contribution >= 4 is 17.6 Å². The monoisotopic (exact) mass is 348 g/mol. The lowest BCUT2D eigenvalue weighted by Crippen LogP contribution is -2.44. The second kappa shape index (κ2) is 8.17. The molecule has 0 aromatic heterocycles. The van der Waals surface area contributed by atoms with Gasteiger partial charge in [-0.15, -0.1) is 5.10 Å². The van der Waals surface area contributed by atoms with E-state index in [0.29, 0.717) is 23.9 Å². The summed E-state index contributed by atoms with van der Waals surface area (Å²) in [6.45, 7) is 2.82. The van der Waals surface area contributed by atoms with Crippen LogP contribution in [-0.4, -0.2) is 36.2 Å². The highest BCUT2D eigenvalue weighted by atomic mass is 16.2. The Hall–Kier alpha value is -1.63. The van der Waals surface area contributed by atoms with E-state index in [4.69, 9.17) is 11.5 Å². The van der Waals surface area contributed by atoms with E-state index < -0.39 is 0 Å². The van der Waals surface area contributed by atoms with Gasteiger partial charge in [-0.3, -0.25) is 4.79 Å². The van der Waals surface area contributed by atoms with E-state index in [-0.39, 0.29) is 17.8 Å². The third-order valence-corrected chi connectivity index (χ3v) is 6.26. The van der Waals surface area contributed by atoms with Crippen LogP contribution in [0.3, 0.4) is 0 Å². The van der Waals surface area contributed by atoms with Crippen molar-refractivity contribution in [2.75, 3.05) is 6.54 Å². The molecule has 7 heteroatoms. The molecule has 0 bridgehead atoms. The number of amides is 1. The largest absolute Gasteiger partial charge is 0.369 e. The van der Waals surface area contributed by atoms with E-state index in [0.717, 1.165) is 37.9 Å². The lowest BCUT2D eigenvalue weighted by atomic mass is 9.79. The number of rotatable bonds is 4. The van der Waals surface area contributed by atoms with Gasteiger partial charge in [0.1, 0.15) is 0 Å². The number of nitrogens with two attached hydrogens (primary N) is 2. The Morgan fingerprint density at radius 2 is 1.76 bits per heavy atom. The molecular formula is C18H32N6O. The zero-order valence-electron chi connectivity index (χ0n) is 15.2. The van der Waals surface area contributed by atoms with Gasteiger partial charge in [0.05, 0.1) is 5.92 Å². The maximum atomic E-state index is 12.7. The minimum Gasteiger partial charge on any atom is -0.369 e. The van der Waals surface area contributed by atoms with Crippen LogP contribution in [0.15, 0.2) is 10.2 Å². The normalized spacial score (nSPS) is 35.7. The van der Waals surface area contributed by atoms with E-state index in [1.54, 1.807) is 0 Å². The zero-order valence-corrected chi connectivity index (χ0v) is 15.2. The van der Waals surface area contributed by atoms with Crippen LogP contribution >= 0.6 is 0 Å². The number of guanidine groups is 1. The number of carbonyl (C=O) groups excluding carboxylic acids is 1. The number of fused-ring (bicyclic) bond motifs is 1. The summed E-state index contributed by atoms with van der Waals surface area (Å²) in [7, 11) is 0.